The lowest BCUT2D eigenvalue weighted by Crippen LogP contribution is -2.47. The molecule has 0 heterocycles. The Balaban J connectivity index is 1.96. The van der Waals surface area contributed by atoms with Crippen molar-refractivity contribution < 1.29 is 13.2 Å². The molecule has 0 spiro atoms. The van der Waals surface area contributed by atoms with Crippen molar-refractivity contribution in [2.45, 2.75) is 25.0 Å². The van der Waals surface area contributed by atoms with Gasteiger partial charge in [-0.2, -0.15) is 0 Å². The molecule has 0 unspecified atom stereocenters. The third kappa shape index (κ3) is 4.36. The molecule has 84 valence electrons. The number of nitrogens with one attached hydrogen (secondary N) is 2. The molecule has 1 fully saturated rings. The van der Waals surface area contributed by atoms with Crippen LogP contribution in [0, 0.1) is 0 Å². The van der Waals surface area contributed by atoms with Gasteiger partial charge in [0.2, 0.25) is 10.0 Å². The van der Waals surface area contributed by atoms with E-state index in [0.29, 0.717) is 25.2 Å². The average molecular weight is 222 g/mol. The van der Waals surface area contributed by atoms with E-state index in [0.717, 1.165) is 19.1 Å². The van der Waals surface area contributed by atoms with Crippen LogP contribution in [0.5, 0.6) is 0 Å². The Bertz CT molecular complexity index is 260. The van der Waals surface area contributed by atoms with Crippen LogP contribution >= 0.6 is 0 Å². The molecular weight excluding hydrogens is 204 g/mol. The van der Waals surface area contributed by atoms with Gasteiger partial charge in [0, 0.05) is 26.2 Å². The predicted octanol–water partition coefficient (Wildman–Crippen LogP) is -0.697. The lowest BCUT2D eigenvalue weighted by molar-refractivity contribution is 0.0178. The molecule has 0 radical (unpaired) electrons. The highest BCUT2D eigenvalue weighted by Gasteiger charge is 2.27. The summed E-state index contributed by atoms with van der Waals surface area (Å²) in [6, 6.07) is 0.487. The highest BCUT2D eigenvalue weighted by Crippen LogP contribution is 2.21. The lowest BCUT2D eigenvalue weighted by Gasteiger charge is -2.34. The maximum atomic E-state index is 10.7. The van der Waals surface area contributed by atoms with Crippen LogP contribution in [-0.4, -0.2) is 47.0 Å². The molecule has 2 N–H and O–H groups in total. The second kappa shape index (κ2) is 5.06. The van der Waals surface area contributed by atoms with Crippen LogP contribution in [0.15, 0.2) is 0 Å². The largest absolute Gasteiger partial charge is 0.381 e. The second-order valence-electron chi connectivity index (χ2n) is 3.65. The van der Waals surface area contributed by atoms with Gasteiger partial charge in [-0.25, -0.2) is 13.1 Å². The van der Waals surface area contributed by atoms with E-state index >= 15 is 0 Å². The normalized spacial score (nSPS) is 27.3. The molecule has 0 aromatic heterocycles. The molecule has 1 aliphatic rings. The number of ether oxygens (including phenoxy) is 1. The quantitative estimate of drug-likeness (QED) is 0.583. The Morgan fingerprint density at radius 3 is 2.50 bits per heavy atom. The summed E-state index contributed by atoms with van der Waals surface area (Å²) in [4.78, 5) is 0. The molecule has 14 heavy (non-hydrogen) atoms. The molecule has 0 bridgehead atoms. The molecule has 0 amide bonds. The number of sulfonamides is 1. The SMILES string of the molecule is COC1CC(NCCNS(C)(=O)=O)C1. The van der Waals surface area contributed by atoms with E-state index in [1.165, 1.54) is 0 Å². The van der Waals surface area contributed by atoms with Crippen LogP contribution in [0.25, 0.3) is 0 Å². The minimum Gasteiger partial charge on any atom is -0.381 e. The van der Waals surface area contributed by atoms with Crippen molar-refractivity contribution in [1.29, 1.82) is 0 Å². The van der Waals surface area contributed by atoms with E-state index in [9.17, 15) is 8.42 Å². The maximum Gasteiger partial charge on any atom is 0.208 e. The smallest absolute Gasteiger partial charge is 0.208 e. The molecule has 1 rings (SSSR count). The van der Waals surface area contributed by atoms with Crippen LogP contribution in [0.3, 0.4) is 0 Å². The second-order valence-corrected chi connectivity index (χ2v) is 5.48. The monoisotopic (exact) mass is 222 g/mol. The third-order valence-corrected chi connectivity index (χ3v) is 3.08. The van der Waals surface area contributed by atoms with Crippen molar-refractivity contribution in [3.8, 4) is 0 Å². The summed E-state index contributed by atoms with van der Waals surface area (Å²) in [7, 11) is -1.33. The van der Waals surface area contributed by atoms with E-state index in [2.05, 4.69) is 10.0 Å². The zero-order valence-electron chi connectivity index (χ0n) is 8.62. The van der Waals surface area contributed by atoms with Crippen LogP contribution in [0.4, 0.5) is 0 Å². The first-order valence-electron chi connectivity index (χ1n) is 4.72. The molecule has 0 atom stereocenters. The number of hydrogen-bond acceptors (Lipinski definition) is 4. The van der Waals surface area contributed by atoms with Gasteiger partial charge in [0.15, 0.2) is 0 Å². The summed E-state index contributed by atoms with van der Waals surface area (Å²) in [5, 5.41) is 3.25. The highest BCUT2D eigenvalue weighted by atomic mass is 32.2. The van der Waals surface area contributed by atoms with Gasteiger partial charge in [0.25, 0.3) is 0 Å². The van der Waals surface area contributed by atoms with Gasteiger partial charge in [0.05, 0.1) is 12.4 Å². The van der Waals surface area contributed by atoms with Gasteiger partial charge >= 0.3 is 0 Å². The standard InChI is InChI=1S/C8H18N2O3S/c1-13-8-5-7(6-8)9-3-4-10-14(2,11)12/h7-10H,3-6H2,1-2H3. The maximum absolute atomic E-state index is 10.7. The van der Waals surface area contributed by atoms with Crippen LogP contribution in [-0.2, 0) is 14.8 Å². The molecule has 5 nitrogen and oxygen atoms in total. The first-order chi connectivity index (χ1) is 6.51. The highest BCUT2D eigenvalue weighted by molar-refractivity contribution is 7.88. The van der Waals surface area contributed by atoms with Crippen molar-refractivity contribution in [2.75, 3.05) is 26.5 Å². The number of rotatable bonds is 6. The Labute approximate surface area is 85.3 Å². The minimum absolute atomic E-state index is 0.385. The van der Waals surface area contributed by atoms with E-state index in [-0.39, 0.29) is 0 Å². The summed E-state index contributed by atoms with van der Waals surface area (Å²) in [5.74, 6) is 0. The fraction of sp³-hybridized carbons (Fsp3) is 1.00. The van der Waals surface area contributed by atoms with Gasteiger partial charge in [-0.1, -0.05) is 0 Å². The van der Waals surface area contributed by atoms with Gasteiger partial charge < -0.3 is 10.1 Å². The van der Waals surface area contributed by atoms with E-state index < -0.39 is 10.0 Å². The van der Waals surface area contributed by atoms with E-state index in [4.69, 9.17) is 4.74 Å². The summed E-state index contributed by atoms with van der Waals surface area (Å²) < 4.78 is 29.0. The van der Waals surface area contributed by atoms with Gasteiger partial charge in [-0.05, 0) is 12.8 Å². The zero-order valence-corrected chi connectivity index (χ0v) is 9.43. The van der Waals surface area contributed by atoms with Crippen molar-refractivity contribution in [3.63, 3.8) is 0 Å². The van der Waals surface area contributed by atoms with Crippen molar-refractivity contribution in [2.24, 2.45) is 0 Å². The topological polar surface area (TPSA) is 67.4 Å². The third-order valence-electron chi connectivity index (χ3n) is 2.35. The Kier molecular flexibility index (Phi) is 4.31. The Morgan fingerprint density at radius 1 is 1.36 bits per heavy atom. The van der Waals surface area contributed by atoms with Crippen molar-refractivity contribution >= 4 is 10.0 Å². The zero-order chi connectivity index (χ0) is 10.6. The number of methoxy groups -OCH3 is 1. The Hall–Kier alpha value is -0.170. The summed E-state index contributed by atoms with van der Waals surface area (Å²) in [6.07, 6.45) is 3.59. The van der Waals surface area contributed by atoms with E-state index in [1.54, 1.807) is 7.11 Å². The van der Waals surface area contributed by atoms with Gasteiger partial charge in [0.1, 0.15) is 0 Å². The average Bonchev–Trinajstić information content (AvgIpc) is 1.98. The summed E-state index contributed by atoms with van der Waals surface area (Å²) in [5.41, 5.74) is 0. The Morgan fingerprint density at radius 2 is 2.00 bits per heavy atom. The molecule has 6 heteroatoms. The first-order valence-corrected chi connectivity index (χ1v) is 6.61. The van der Waals surface area contributed by atoms with Crippen molar-refractivity contribution in [3.05, 3.63) is 0 Å². The molecule has 1 saturated carbocycles. The van der Waals surface area contributed by atoms with Crippen molar-refractivity contribution in [1.82, 2.24) is 10.0 Å². The van der Waals surface area contributed by atoms with Crippen LogP contribution < -0.4 is 10.0 Å². The molecule has 0 saturated heterocycles. The molecular formula is C8H18N2O3S. The molecule has 0 aromatic rings. The minimum atomic E-state index is -3.04. The molecule has 1 aliphatic carbocycles. The van der Waals surface area contributed by atoms with Crippen LogP contribution in [0.2, 0.25) is 0 Å². The lowest BCUT2D eigenvalue weighted by atomic mass is 9.89. The fourth-order valence-electron chi connectivity index (χ4n) is 1.44. The fourth-order valence-corrected chi connectivity index (χ4v) is 1.91. The van der Waals surface area contributed by atoms with Crippen LogP contribution in [0.1, 0.15) is 12.8 Å². The first kappa shape index (κ1) is 11.9. The van der Waals surface area contributed by atoms with Gasteiger partial charge in [-0.3, -0.25) is 0 Å². The predicted molar refractivity (Wildman–Crippen MR) is 54.7 cm³/mol. The van der Waals surface area contributed by atoms with Gasteiger partial charge in [-0.15, -0.1) is 0 Å². The number of hydrogen-bond donors (Lipinski definition) is 2. The summed E-state index contributed by atoms with van der Waals surface area (Å²) in [6.45, 7) is 1.13. The molecule has 0 aliphatic heterocycles. The van der Waals surface area contributed by atoms with E-state index in [1.807, 2.05) is 0 Å². The summed E-state index contributed by atoms with van der Waals surface area (Å²) >= 11 is 0. The molecule has 0 aromatic carbocycles.